The number of hydrogen-bond donors (Lipinski definition) is 2. The van der Waals surface area contributed by atoms with Gasteiger partial charge in [0.2, 0.25) is 5.88 Å². The number of carbonyl (C=O) groups is 1. The molecule has 1 heterocycles. The van der Waals surface area contributed by atoms with E-state index in [-0.39, 0.29) is 11.6 Å². The Morgan fingerprint density at radius 2 is 1.59 bits per heavy atom. The van der Waals surface area contributed by atoms with Gasteiger partial charge in [-0.05, 0) is 55.5 Å². The van der Waals surface area contributed by atoms with Crippen molar-refractivity contribution in [1.29, 1.82) is 0 Å². The van der Waals surface area contributed by atoms with Crippen molar-refractivity contribution >= 4 is 39.9 Å². The number of amides is 2. The van der Waals surface area contributed by atoms with E-state index in [9.17, 15) is 18.0 Å². The van der Waals surface area contributed by atoms with E-state index in [2.05, 4.69) is 20.6 Å². The van der Waals surface area contributed by atoms with E-state index in [1.807, 2.05) is 6.92 Å². The molecule has 0 atom stereocenters. The number of benzene rings is 3. The summed E-state index contributed by atoms with van der Waals surface area (Å²) in [5.74, 6) is 1.65. The highest BCUT2D eigenvalue weighted by atomic mass is 35.5. The normalized spacial score (nSPS) is 11.3. The summed E-state index contributed by atoms with van der Waals surface area (Å²) in [6.45, 7) is 4.17. The van der Waals surface area contributed by atoms with E-state index >= 15 is 0 Å². The number of nitrogens with zero attached hydrogens (tertiary/aromatic N) is 2. The lowest BCUT2D eigenvalue weighted by molar-refractivity contribution is -0.137. The average molecular weight is 635 g/mol. The highest BCUT2D eigenvalue weighted by molar-refractivity contribution is 6.31. The summed E-state index contributed by atoms with van der Waals surface area (Å²) in [4.78, 5) is 21.0. The van der Waals surface area contributed by atoms with E-state index < -0.39 is 22.8 Å². The average Bonchev–Trinajstić information content (AvgIpc) is 2.99. The third-order valence-electron chi connectivity index (χ3n) is 5.96. The van der Waals surface area contributed by atoms with E-state index in [0.29, 0.717) is 73.3 Å². The van der Waals surface area contributed by atoms with Crippen LogP contribution in [-0.4, -0.2) is 56.1 Å². The molecule has 0 spiro atoms. The number of halogens is 4. The zero-order valence-corrected chi connectivity index (χ0v) is 24.6. The second kappa shape index (κ2) is 15.4. The Hall–Kier alpha value is -4.33. The minimum atomic E-state index is -4.66. The van der Waals surface area contributed by atoms with E-state index in [0.717, 1.165) is 12.1 Å². The lowest BCUT2D eigenvalue weighted by Crippen LogP contribution is -2.19. The Morgan fingerprint density at radius 1 is 0.886 bits per heavy atom. The molecule has 0 saturated carbocycles. The number of carbonyl (C=O) groups excluding carboxylic acids is 1. The van der Waals surface area contributed by atoms with Gasteiger partial charge in [-0.1, -0.05) is 11.6 Å². The third-order valence-corrected chi connectivity index (χ3v) is 6.29. The summed E-state index contributed by atoms with van der Waals surface area (Å²) >= 11 is 5.64. The van der Waals surface area contributed by atoms with Crippen LogP contribution in [0, 0.1) is 0 Å². The molecule has 0 radical (unpaired) electrons. The zero-order chi connectivity index (χ0) is 31.5. The summed E-state index contributed by atoms with van der Waals surface area (Å²) < 4.78 is 67.7. The molecule has 234 valence electrons. The molecule has 0 fully saturated rings. The van der Waals surface area contributed by atoms with Crippen LogP contribution >= 0.6 is 11.6 Å². The number of aromatic nitrogens is 2. The molecule has 4 aromatic rings. The molecule has 0 aliphatic rings. The number of fused-ring (bicyclic) bond motifs is 1. The number of methoxy groups -OCH3 is 1. The summed E-state index contributed by atoms with van der Waals surface area (Å²) in [6.07, 6.45) is -2.62. The number of nitrogens with one attached hydrogen (secondary N) is 2. The van der Waals surface area contributed by atoms with E-state index in [1.165, 1.54) is 12.4 Å². The second-order valence-electron chi connectivity index (χ2n) is 9.13. The predicted octanol–water partition coefficient (Wildman–Crippen LogP) is 7.57. The summed E-state index contributed by atoms with van der Waals surface area (Å²) in [5.41, 5.74) is -0.185. The highest BCUT2D eigenvalue weighted by Crippen LogP contribution is 2.37. The van der Waals surface area contributed by atoms with Gasteiger partial charge in [-0.3, -0.25) is 0 Å². The number of anilines is 2. The number of rotatable bonds is 14. The SMILES string of the molecule is CCOCCOc1cc2ncnc(Oc3ccc(NC(=O)Nc4ccc(Cl)c(C(F)(F)F)c4)cc3)c2cc1OCCCOC. The van der Waals surface area contributed by atoms with E-state index in [4.69, 9.17) is 35.3 Å². The first kappa shape index (κ1) is 32.6. The van der Waals surface area contributed by atoms with Gasteiger partial charge in [-0.2, -0.15) is 13.2 Å². The van der Waals surface area contributed by atoms with Gasteiger partial charge in [-0.15, -0.1) is 0 Å². The molecule has 44 heavy (non-hydrogen) atoms. The maximum atomic E-state index is 13.1. The van der Waals surface area contributed by atoms with Gasteiger partial charge in [0, 0.05) is 44.2 Å². The van der Waals surface area contributed by atoms with Gasteiger partial charge in [0.15, 0.2) is 11.5 Å². The van der Waals surface area contributed by atoms with Crippen molar-refractivity contribution in [3.05, 3.63) is 71.5 Å². The number of hydrogen-bond acceptors (Lipinski definition) is 8. The van der Waals surface area contributed by atoms with Crippen molar-refractivity contribution in [2.75, 3.05) is 50.8 Å². The van der Waals surface area contributed by atoms with Gasteiger partial charge >= 0.3 is 12.2 Å². The van der Waals surface area contributed by atoms with Gasteiger partial charge in [0.1, 0.15) is 18.7 Å². The van der Waals surface area contributed by atoms with Gasteiger partial charge < -0.3 is 34.3 Å². The van der Waals surface area contributed by atoms with Crippen LogP contribution in [0.5, 0.6) is 23.1 Å². The van der Waals surface area contributed by atoms with Crippen LogP contribution in [0.25, 0.3) is 10.9 Å². The summed E-state index contributed by atoms with van der Waals surface area (Å²) in [7, 11) is 1.62. The highest BCUT2D eigenvalue weighted by Gasteiger charge is 2.33. The predicted molar refractivity (Wildman–Crippen MR) is 159 cm³/mol. The quantitative estimate of drug-likeness (QED) is 0.137. The van der Waals surface area contributed by atoms with Gasteiger partial charge in [0.05, 0.1) is 34.7 Å². The maximum Gasteiger partial charge on any atom is 0.417 e. The molecule has 10 nitrogen and oxygen atoms in total. The molecular formula is C30H30ClF3N4O6. The molecule has 0 bridgehead atoms. The minimum absolute atomic E-state index is 0.0697. The fourth-order valence-corrected chi connectivity index (χ4v) is 4.14. The standard InChI is InChI=1S/C30H30ClF3N4O6/c1-3-41-13-14-43-27-17-25-22(16-26(27)42-12-4-11-40-2)28(36-18-35-25)44-21-8-5-19(6-9-21)37-29(39)38-20-7-10-24(31)23(15-20)30(32,33)34/h5-10,15-18H,3-4,11-14H2,1-2H3,(H2,37,38,39). The van der Waals surface area contributed by atoms with Crippen molar-refractivity contribution in [2.24, 2.45) is 0 Å². The Bertz CT molecular complexity index is 1560. The van der Waals surface area contributed by atoms with Crippen LogP contribution in [0.3, 0.4) is 0 Å². The first-order valence-corrected chi connectivity index (χ1v) is 13.9. The first-order valence-electron chi connectivity index (χ1n) is 13.5. The van der Waals surface area contributed by atoms with Crippen LogP contribution in [0.15, 0.2) is 60.9 Å². The molecule has 4 rings (SSSR count). The molecule has 0 saturated heterocycles. The van der Waals surface area contributed by atoms with Crippen LogP contribution in [0.1, 0.15) is 18.9 Å². The summed E-state index contributed by atoms with van der Waals surface area (Å²) in [6, 6.07) is 12.2. The first-order chi connectivity index (χ1) is 21.2. The lowest BCUT2D eigenvalue weighted by atomic mass is 10.2. The smallest absolute Gasteiger partial charge is 0.417 e. The maximum absolute atomic E-state index is 13.1. The lowest BCUT2D eigenvalue weighted by Gasteiger charge is -2.15. The fraction of sp³-hybridized carbons (Fsp3) is 0.300. The number of urea groups is 1. The Labute approximate surface area is 256 Å². The van der Waals surface area contributed by atoms with Crippen LogP contribution in [0.2, 0.25) is 5.02 Å². The third kappa shape index (κ3) is 9.09. The van der Waals surface area contributed by atoms with Crippen LogP contribution in [-0.2, 0) is 15.7 Å². The monoisotopic (exact) mass is 634 g/mol. The minimum Gasteiger partial charge on any atom is -0.490 e. The van der Waals surface area contributed by atoms with Crippen molar-refractivity contribution in [3.63, 3.8) is 0 Å². The molecule has 3 aromatic carbocycles. The molecule has 0 unspecified atom stereocenters. The largest absolute Gasteiger partial charge is 0.490 e. The molecule has 1 aromatic heterocycles. The van der Waals surface area contributed by atoms with Crippen molar-refractivity contribution < 1.29 is 41.7 Å². The van der Waals surface area contributed by atoms with Crippen molar-refractivity contribution in [3.8, 4) is 23.1 Å². The second-order valence-corrected chi connectivity index (χ2v) is 9.54. The Morgan fingerprint density at radius 3 is 2.32 bits per heavy atom. The van der Waals surface area contributed by atoms with E-state index in [1.54, 1.807) is 43.5 Å². The van der Waals surface area contributed by atoms with Crippen molar-refractivity contribution in [1.82, 2.24) is 9.97 Å². The Balaban J connectivity index is 1.46. The molecule has 0 aliphatic carbocycles. The fourth-order valence-electron chi connectivity index (χ4n) is 3.92. The van der Waals surface area contributed by atoms with Gasteiger partial charge in [0.25, 0.3) is 0 Å². The topological polar surface area (TPSA) is 113 Å². The van der Waals surface area contributed by atoms with Gasteiger partial charge in [-0.25, -0.2) is 14.8 Å². The number of alkyl halides is 3. The molecule has 0 aliphatic heterocycles. The summed E-state index contributed by atoms with van der Waals surface area (Å²) in [5, 5.41) is 5.03. The zero-order valence-electron chi connectivity index (χ0n) is 23.9. The molecule has 2 amide bonds. The van der Waals surface area contributed by atoms with Crippen LogP contribution < -0.4 is 24.8 Å². The Kier molecular flexibility index (Phi) is 11.4. The molecular weight excluding hydrogens is 605 g/mol. The molecule has 2 N–H and O–H groups in total. The molecule has 14 heteroatoms. The number of ether oxygens (including phenoxy) is 5. The van der Waals surface area contributed by atoms with Crippen molar-refractivity contribution in [2.45, 2.75) is 19.5 Å². The van der Waals surface area contributed by atoms with Crippen LogP contribution in [0.4, 0.5) is 29.3 Å².